The molecule has 1 aromatic carbocycles. The van der Waals surface area contributed by atoms with Crippen molar-refractivity contribution in [3.63, 3.8) is 0 Å². The quantitative estimate of drug-likeness (QED) is 0.591. The molecule has 1 amide bonds. The number of rotatable bonds is 7. The fourth-order valence-corrected chi connectivity index (χ4v) is 3.85. The van der Waals surface area contributed by atoms with Crippen LogP contribution in [0.2, 0.25) is 0 Å². The largest absolute Gasteiger partial charge is 0.495 e. The Bertz CT molecular complexity index is 1170. The molecule has 10 heteroatoms. The lowest BCUT2D eigenvalue weighted by molar-refractivity contribution is 0.0950. The predicted molar refractivity (Wildman–Crippen MR) is 111 cm³/mol. The van der Waals surface area contributed by atoms with Gasteiger partial charge in [-0.2, -0.15) is 5.10 Å². The Kier molecular flexibility index (Phi) is 6.18. The van der Waals surface area contributed by atoms with Gasteiger partial charge in [-0.25, -0.2) is 22.8 Å². The van der Waals surface area contributed by atoms with Gasteiger partial charge in [0.05, 0.1) is 12.8 Å². The van der Waals surface area contributed by atoms with Crippen LogP contribution in [0, 0.1) is 13.8 Å². The van der Waals surface area contributed by atoms with Crippen molar-refractivity contribution in [1.82, 2.24) is 24.8 Å². The Labute approximate surface area is 175 Å². The van der Waals surface area contributed by atoms with Crippen LogP contribution < -0.4 is 14.8 Å². The zero-order valence-electron chi connectivity index (χ0n) is 17.1. The molecule has 30 heavy (non-hydrogen) atoms. The van der Waals surface area contributed by atoms with Crippen LogP contribution in [0.1, 0.15) is 27.3 Å². The molecular weight excluding hydrogens is 406 g/mol. The molecule has 2 heterocycles. The van der Waals surface area contributed by atoms with Crippen LogP contribution in [0.15, 0.2) is 47.5 Å². The van der Waals surface area contributed by atoms with E-state index >= 15 is 0 Å². The average molecular weight is 430 g/mol. The molecule has 0 saturated heterocycles. The molecule has 0 saturated carbocycles. The van der Waals surface area contributed by atoms with E-state index in [0.717, 1.165) is 17.0 Å². The van der Waals surface area contributed by atoms with Crippen LogP contribution in [-0.2, 0) is 16.6 Å². The summed E-state index contributed by atoms with van der Waals surface area (Å²) in [5.41, 5.74) is 2.89. The number of nitrogens with zero attached hydrogens (tertiary/aromatic N) is 3. The van der Waals surface area contributed by atoms with E-state index in [1.807, 2.05) is 32.0 Å². The number of nitrogens with one attached hydrogen (secondary N) is 2. The number of methoxy groups -OCH3 is 1. The van der Waals surface area contributed by atoms with E-state index in [9.17, 15) is 13.2 Å². The summed E-state index contributed by atoms with van der Waals surface area (Å²) in [4.78, 5) is 16.8. The zero-order chi connectivity index (χ0) is 21.9. The molecule has 0 radical (unpaired) electrons. The number of hydrogen-bond acceptors (Lipinski definition) is 6. The lowest BCUT2D eigenvalue weighted by Crippen LogP contribution is -2.24. The van der Waals surface area contributed by atoms with Gasteiger partial charge in [0, 0.05) is 24.0 Å². The van der Waals surface area contributed by atoms with Crippen LogP contribution in [0.4, 0.5) is 0 Å². The van der Waals surface area contributed by atoms with Crippen molar-refractivity contribution in [2.24, 2.45) is 0 Å². The summed E-state index contributed by atoms with van der Waals surface area (Å²) in [6, 6.07) is 9.88. The highest BCUT2D eigenvalue weighted by atomic mass is 32.2. The van der Waals surface area contributed by atoms with Crippen molar-refractivity contribution in [3.8, 4) is 11.6 Å². The minimum atomic E-state index is -3.77. The SMILES string of the molecule is CNS(=O)(=O)c1cc(C(=O)NCc2ccc(-n3nc(C)cc3C)nc2)ccc1OC. The molecular formula is C20H23N5O4S. The number of hydrogen-bond donors (Lipinski definition) is 2. The molecule has 0 aliphatic carbocycles. The number of carbonyl (C=O) groups excluding carboxylic acids is 1. The van der Waals surface area contributed by atoms with Crippen LogP contribution in [0.25, 0.3) is 5.82 Å². The molecule has 0 fully saturated rings. The summed E-state index contributed by atoms with van der Waals surface area (Å²) in [6.07, 6.45) is 1.66. The first-order valence-electron chi connectivity index (χ1n) is 9.13. The number of sulfonamides is 1. The average Bonchev–Trinajstić information content (AvgIpc) is 3.09. The number of aryl methyl sites for hydroxylation is 2. The van der Waals surface area contributed by atoms with Gasteiger partial charge >= 0.3 is 0 Å². The van der Waals surface area contributed by atoms with Gasteiger partial charge < -0.3 is 10.1 Å². The van der Waals surface area contributed by atoms with Gasteiger partial charge in [0.25, 0.3) is 5.91 Å². The number of carbonyl (C=O) groups is 1. The van der Waals surface area contributed by atoms with Crippen molar-refractivity contribution in [2.45, 2.75) is 25.3 Å². The number of ether oxygens (including phenoxy) is 1. The van der Waals surface area contributed by atoms with E-state index in [1.54, 1.807) is 10.9 Å². The molecule has 0 bridgehead atoms. The van der Waals surface area contributed by atoms with Gasteiger partial charge in [0.2, 0.25) is 10.0 Å². The van der Waals surface area contributed by atoms with Crippen LogP contribution in [-0.4, -0.2) is 43.2 Å². The van der Waals surface area contributed by atoms with Gasteiger partial charge in [0.15, 0.2) is 5.82 Å². The van der Waals surface area contributed by atoms with E-state index in [2.05, 4.69) is 20.1 Å². The van der Waals surface area contributed by atoms with Crippen molar-refractivity contribution < 1.29 is 17.9 Å². The first kappa shape index (κ1) is 21.5. The third-order valence-electron chi connectivity index (χ3n) is 4.47. The van der Waals surface area contributed by atoms with E-state index < -0.39 is 15.9 Å². The maximum Gasteiger partial charge on any atom is 0.251 e. The Morgan fingerprint density at radius 1 is 1.17 bits per heavy atom. The molecule has 158 valence electrons. The van der Waals surface area contributed by atoms with Gasteiger partial charge in [-0.1, -0.05) is 6.07 Å². The van der Waals surface area contributed by atoms with E-state index in [-0.39, 0.29) is 22.8 Å². The summed E-state index contributed by atoms with van der Waals surface area (Å²) >= 11 is 0. The topological polar surface area (TPSA) is 115 Å². The fourth-order valence-electron chi connectivity index (χ4n) is 2.93. The highest BCUT2D eigenvalue weighted by Gasteiger charge is 2.20. The monoisotopic (exact) mass is 429 g/mol. The first-order chi connectivity index (χ1) is 14.2. The van der Waals surface area contributed by atoms with Crippen LogP contribution >= 0.6 is 0 Å². The molecule has 3 aromatic rings. The summed E-state index contributed by atoms with van der Waals surface area (Å²) < 4.78 is 33.4. The predicted octanol–water partition coefficient (Wildman–Crippen LogP) is 1.73. The van der Waals surface area contributed by atoms with Gasteiger partial charge in [-0.15, -0.1) is 0 Å². The summed E-state index contributed by atoms with van der Waals surface area (Å²) in [5.74, 6) is 0.436. The lowest BCUT2D eigenvalue weighted by atomic mass is 10.2. The normalized spacial score (nSPS) is 11.3. The first-order valence-corrected chi connectivity index (χ1v) is 10.6. The van der Waals surface area contributed by atoms with Crippen molar-refractivity contribution in [2.75, 3.05) is 14.2 Å². The Hall–Kier alpha value is -3.24. The molecule has 9 nitrogen and oxygen atoms in total. The lowest BCUT2D eigenvalue weighted by Gasteiger charge is -2.11. The van der Waals surface area contributed by atoms with Gasteiger partial charge in [0.1, 0.15) is 10.6 Å². The van der Waals surface area contributed by atoms with Crippen molar-refractivity contribution in [1.29, 1.82) is 0 Å². The highest BCUT2D eigenvalue weighted by Crippen LogP contribution is 2.24. The third-order valence-corrected chi connectivity index (χ3v) is 5.91. The Balaban J connectivity index is 1.73. The second kappa shape index (κ2) is 8.64. The summed E-state index contributed by atoms with van der Waals surface area (Å²) in [6.45, 7) is 4.11. The number of amides is 1. The van der Waals surface area contributed by atoms with Crippen molar-refractivity contribution in [3.05, 3.63) is 65.1 Å². The third kappa shape index (κ3) is 4.50. The van der Waals surface area contributed by atoms with Crippen LogP contribution in [0.3, 0.4) is 0 Å². The Morgan fingerprint density at radius 2 is 1.93 bits per heavy atom. The van der Waals surface area contributed by atoms with E-state index in [1.165, 1.54) is 32.4 Å². The minimum absolute atomic E-state index is 0.101. The molecule has 0 atom stereocenters. The molecule has 2 N–H and O–H groups in total. The summed E-state index contributed by atoms with van der Waals surface area (Å²) in [5, 5.41) is 7.16. The van der Waals surface area contributed by atoms with E-state index in [4.69, 9.17) is 4.74 Å². The van der Waals surface area contributed by atoms with Gasteiger partial charge in [-0.05, 0) is 56.8 Å². The fraction of sp³-hybridized carbons (Fsp3) is 0.250. The Morgan fingerprint density at radius 3 is 2.50 bits per heavy atom. The van der Waals surface area contributed by atoms with E-state index in [0.29, 0.717) is 5.82 Å². The van der Waals surface area contributed by atoms with Gasteiger partial charge in [-0.3, -0.25) is 4.79 Å². The maximum absolute atomic E-state index is 12.5. The molecule has 0 aliphatic heterocycles. The molecule has 3 rings (SSSR count). The second-order valence-corrected chi connectivity index (χ2v) is 8.47. The maximum atomic E-state index is 12.5. The molecule has 0 unspecified atom stereocenters. The smallest absolute Gasteiger partial charge is 0.251 e. The number of pyridine rings is 1. The van der Waals surface area contributed by atoms with Crippen molar-refractivity contribution >= 4 is 15.9 Å². The molecule has 0 spiro atoms. The molecule has 0 aliphatic rings. The molecule has 2 aromatic heterocycles. The number of aromatic nitrogens is 3. The minimum Gasteiger partial charge on any atom is -0.495 e. The highest BCUT2D eigenvalue weighted by molar-refractivity contribution is 7.89. The second-order valence-electron chi connectivity index (χ2n) is 6.62. The summed E-state index contributed by atoms with van der Waals surface area (Å²) in [7, 11) is -1.11. The standard InChI is InChI=1S/C20H23N5O4S/c1-13-9-14(2)25(24-13)19-8-5-15(11-22-19)12-23-20(26)16-6-7-17(29-4)18(10-16)30(27,28)21-3/h5-11,21H,12H2,1-4H3,(H,23,26). The number of benzene rings is 1. The van der Waals surface area contributed by atoms with Crippen LogP contribution in [0.5, 0.6) is 5.75 Å². The zero-order valence-corrected chi connectivity index (χ0v) is 17.9.